The number of hydrogen-bond donors (Lipinski definition) is 3. The molecule has 2 amide bonds. The van der Waals surface area contributed by atoms with Crippen LogP contribution in [0.3, 0.4) is 0 Å². The molecule has 3 rings (SSSR count). The molecule has 0 saturated heterocycles. The zero-order valence-corrected chi connectivity index (χ0v) is 15.6. The number of hydrogen-bond acceptors (Lipinski definition) is 5. The van der Waals surface area contributed by atoms with E-state index in [2.05, 4.69) is 25.9 Å². The fraction of sp³-hybridized carbons (Fsp3) is 0.143. The van der Waals surface area contributed by atoms with Gasteiger partial charge in [0.25, 0.3) is 5.91 Å². The molecule has 7 nitrogen and oxygen atoms in total. The molecule has 7 heteroatoms. The third-order valence-electron chi connectivity index (χ3n) is 4.00. The van der Waals surface area contributed by atoms with Gasteiger partial charge in [-0.05, 0) is 30.7 Å². The number of carbonyl (C=O) groups is 2. The minimum atomic E-state index is -0.331. The van der Waals surface area contributed by atoms with E-state index in [0.717, 1.165) is 5.56 Å². The van der Waals surface area contributed by atoms with E-state index in [0.29, 0.717) is 22.9 Å². The average molecular weight is 375 g/mol. The Morgan fingerprint density at radius 3 is 2.18 bits per heavy atom. The average Bonchev–Trinajstić information content (AvgIpc) is 2.69. The summed E-state index contributed by atoms with van der Waals surface area (Å²) in [6.07, 6.45) is 2.94. The summed E-state index contributed by atoms with van der Waals surface area (Å²) in [7, 11) is 0. The molecule has 0 aliphatic rings. The summed E-state index contributed by atoms with van der Waals surface area (Å²) in [5.74, 6) is -0.0621. The van der Waals surface area contributed by atoms with E-state index in [9.17, 15) is 9.59 Å². The van der Waals surface area contributed by atoms with E-state index in [-0.39, 0.29) is 17.9 Å². The maximum atomic E-state index is 12.4. The van der Waals surface area contributed by atoms with Crippen LogP contribution in [0.25, 0.3) is 0 Å². The minimum absolute atomic E-state index is 0.0393. The lowest BCUT2D eigenvalue weighted by molar-refractivity contribution is -0.114. The first kappa shape index (κ1) is 19.0. The topological polar surface area (TPSA) is 96.0 Å². The first-order valence-electron chi connectivity index (χ1n) is 8.84. The lowest BCUT2D eigenvalue weighted by Crippen LogP contribution is -2.14. The van der Waals surface area contributed by atoms with Crippen molar-refractivity contribution in [3.8, 4) is 0 Å². The summed E-state index contributed by atoms with van der Waals surface area (Å²) in [4.78, 5) is 32.0. The van der Waals surface area contributed by atoms with E-state index >= 15 is 0 Å². The number of nitrogens with zero attached hydrogens (tertiary/aromatic N) is 2. The quantitative estimate of drug-likeness (QED) is 0.608. The highest BCUT2D eigenvalue weighted by molar-refractivity contribution is 6.04. The van der Waals surface area contributed by atoms with Crippen LogP contribution in [-0.4, -0.2) is 21.8 Å². The fourth-order valence-electron chi connectivity index (χ4n) is 2.62. The number of carbonyl (C=O) groups excluding carboxylic acids is 2. The van der Waals surface area contributed by atoms with Crippen molar-refractivity contribution >= 4 is 29.1 Å². The van der Waals surface area contributed by atoms with E-state index in [1.165, 1.54) is 19.3 Å². The maximum absolute atomic E-state index is 12.4. The molecule has 0 bridgehead atoms. The Kier molecular flexibility index (Phi) is 5.96. The maximum Gasteiger partial charge on any atom is 0.258 e. The highest BCUT2D eigenvalue weighted by atomic mass is 16.2. The van der Waals surface area contributed by atoms with Gasteiger partial charge >= 0.3 is 0 Å². The zero-order chi connectivity index (χ0) is 19.9. The highest BCUT2D eigenvalue weighted by Crippen LogP contribution is 2.17. The van der Waals surface area contributed by atoms with Crippen molar-refractivity contribution in [1.82, 2.24) is 9.97 Å². The molecule has 1 atom stereocenters. The molecule has 0 radical (unpaired) electrons. The molecule has 28 heavy (non-hydrogen) atoms. The molecule has 0 fully saturated rings. The van der Waals surface area contributed by atoms with Gasteiger partial charge < -0.3 is 16.0 Å². The summed E-state index contributed by atoms with van der Waals surface area (Å²) in [5, 5.41) is 8.65. The fourth-order valence-corrected chi connectivity index (χ4v) is 2.62. The summed E-state index contributed by atoms with van der Waals surface area (Å²) in [6.45, 7) is 3.44. The van der Waals surface area contributed by atoms with Crippen LogP contribution in [0.2, 0.25) is 0 Å². The van der Waals surface area contributed by atoms with Crippen molar-refractivity contribution in [2.45, 2.75) is 19.9 Å². The Morgan fingerprint density at radius 2 is 1.54 bits per heavy atom. The molecule has 3 N–H and O–H groups in total. The molecule has 0 saturated carbocycles. The molecule has 0 aliphatic carbocycles. The van der Waals surface area contributed by atoms with E-state index < -0.39 is 0 Å². The van der Waals surface area contributed by atoms with Gasteiger partial charge in [0.05, 0.1) is 11.6 Å². The number of amides is 2. The number of rotatable bonds is 6. The van der Waals surface area contributed by atoms with Crippen LogP contribution < -0.4 is 16.0 Å². The third kappa shape index (κ3) is 5.14. The van der Waals surface area contributed by atoms with Gasteiger partial charge in [0, 0.05) is 30.7 Å². The molecular weight excluding hydrogens is 354 g/mol. The first-order chi connectivity index (χ1) is 13.5. The van der Waals surface area contributed by atoms with Gasteiger partial charge in [0.2, 0.25) is 11.9 Å². The number of benzene rings is 2. The van der Waals surface area contributed by atoms with Crippen molar-refractivity contribution in [3.63, 3.8) is 0 Å². The van der Waals surface area contributed by atoms with Gasteiger partial charge in [-0.1, -0.05) is 36.4 Å². The van der Waals surface area contributed by atoms with Crippen LogP contribution in [0.4, 0.5) is 17.3 Å². The van der Waals surface area contributed by atoms with Crippen LogP contribution in [0.15, 0.2) is 67.0 Å². The molecule has 0 aliphatic heterocycles. The summed E-state index contributed by atoms with van der Waals surface area (Å²) >= 11 is 0. The zero-order valence-electron chi connectivity index (χ0n) is 15.6. The smallest absolute Gasteiger partial charge is 0.258 e. The second-order valence-electron chi connectivity index (χ2n) is 6.29. The number of nitrogens with one attached hydrogen (secondary N) is 3. The predicted octanol–water partition coefficient (Wildman–Crippen LogP) is 3.86. The van der Waals surface area contributed by atoms with Crippen LogP contribution in [0, 0.1) is 0 Å². The molecular formula is C21H21N5O2. The Labute approximate surface area is 163 Å². The monoisotopic (exact) mass is 375 g/mol. The second-order valence-corrected chi connectivity index (χ2v) is 6.29. The van der Waals surface area contributed by atoms with Crippen molar-refractivity contribution in [1.29, 1.82) is 0 Å². The van der Waals surface area contributed by atoms with Gasteiger partial charge in [0.15, 0.2) is 0 Å². The molecule has 0 spiro atoms. The largest absolute Gasteiger partial charge is 0.348 e. The van der Waals surface area contributed by atoms with Gasteiger partial charge in [-0.2, -0.15) is 0 Å². The Bertz CT molecular complexity index is 958. The molecule has 142 valence electrons. The molecule has 1 aromatic heterocycles. The highest BCUT2D eigenvalue weighted by Gasteiger charge is 2.10. The lowest BCUT2D eigenvalue weighted by Gasteiger charge is -2.14. The molecule has 2 aromatic carbocycles. The van der Waals surface area contributed by atoms with Crippen LogP contribution in [0.1, 0.15) is 35.8 Å². The van der Waals surface area contributed by atoms with Crippen molar-refractivity contribution < 1.29 is 9.59 Å². The Hall–Kier alpha value is -3.74. The van der Waals surface area contributed by atoms with E-state index in [1.807, 2.05) is 37.3 Å². The molecule has 3 aromatic rings. The molecule has 1 heterocycles. The van der Waals surface area contributed by atoms with E-state index in [4.69, 9.17) is 0 Å². The van der Waals surface area contributed by atoms with Crippen LogP contribution >= 0.6 is 0 Å². The van der Waals surface area contributed by atoms with Crippen molar-refractivity contribution in [3.05, 3.63) is 78.1 Å². The number of anilines is 3. The van der Waals surface area contributed by atoms with Crippen molar-refractivity contribution in [2.75, 3.05) is 16.0 Å². The summed E-state index contributed by atoms with van der Waals surface area (Å²) < 4.78 is 0. The van der Waals surface area contributed by atoms with Crippen LogP contribution in [-0.2, 0) is 4.79 Å². The molecule has 1 unspecified atom stereocenters. The Balaban J connectivity index is 1.63. The SMILES string of the molecule is CC(=O)Nc1cccc(NC(=O)c2cnc(NC(C)c3ccccc3)nc2)c1. The lowest BCUT2D eigenvalue weighted by atomic mass is 10.1. The Morgan fingerprint density at radius 1 is 0.893 bits per heavy atom. The second kappa shape index (κ2) is 8.77. The summed E-state index contributed by atoms with van der Waals surface area (Å²) in [5.41, 5.74) is 2.63. The first-order valence-corrected chi connectivity index (χ1v) is 8.84. The third-order valence-corrected chi connectivity index (χ3v) is 4.00. The van der Waals surface area contributed by atoms with Crippen LogP contribution in [0.5, 0.6) is 0 Å². The van der Waals surface area contributed by atoms with Gasteiger partial charge in [-0.25, -0.2) is 9.97 Å². The van der Waals surface area contributed by atoms with E-state index in [1.54, 1.807) is 24.3 Å². The minimum Gasteiger partial charge on any atom is -0.348 e. The number of aromatic nitrogens is 2. The predicted molar refractivity (Wildman–Crippen MR) is 109 cm³/mol. The van der Waals surface area contributed by atoms with Gasteiger partial charge in [0.1, 0.15) is 0 Å². The summed E-state index contributed by atoms with van der Waals surface area (Å²) in [6, 6.07) is 16.9. The normalized spacial score (nSPS) is 11.4. The van der Waals surface area contributed by atoms with Crippen molar-refractivity contribution in [2.24, 2.45) is 0 Å². The standard InChI is InChI=1S/C21H21N5O2/c1-14(16-7-4-3-5-8-16)24-21-22-12-17(13-23-21)20(28)26-19-10-6-9-18(11-19)25-15(2)27/h3-14H,1-2H3,(H,25,27)(H,26,28)(H,22,23,24). The van der Waals surface area contributed by atoms with Gasteiger partial charge in [-0.3, -0.25) is 9.59 Å². The van der Waals surface area contributed by atoms with Gasteiger partial charge in [-0.15, -0.1) is 0 Å².